The van der Waals surface area contributed by atoms with Gasteiger partial charge in [0.05, 0.1) is 0 Å². The third kappa shape index (κ3) is 2.72. The molecule has 0 amide bonds. The SMILES string of the molecule is CCCn1c(COC)nnc1S(=O)(=O)F. The van der Waals surface area contributed by atoms with Gasteiger partial charge in [-0.05, 0) is 6.42 Å². The predicted molar refractivity (Wildman–Crippen MR) is 49.3 cm³/mol. The Balaban J connectivity index is 3.17. The molecule has 1 heterocycles. The van der Waals surface area contributed by atoms with E-state index < -0.39 is 15.4 Å². The number of aromatic nitrogens is 3. The minimum atomic E-state index is -4.82. The Morgan fingerprint density at radius 1 is 1.47 bits per heavy atom. The third-order valence-corrected chi connectivity index (χ3v) is 2.47. The van der Waals surface area contributed by atoms with Gasteiger partial charge >= 0.3 is 10.2 Å². The van der Waals surface area contributed by atoms with Crippen LogP contribution in [0.2, 0.25) is 0 Å². The van der Waals surface area contributed by atoms with E-state index >= 15 is 0 Å². The average molecular weight is 237 g/mol. The molecule has 0 saturated carbocycles. The number of hydrogen-bond acceptors (Lipinski definition) is 5. The fraction of sp³-hybridized carbons (Fsp3) is 0.714. The van der Waals surface area contributed by atoms with E-state index in [0.717, 1.165) is 0 Å². The molecule has 0 aliphatic heterocycles. The summed E-state index contributed by atoms with van der Waals surface area (Å²) < 4.78 is 40.2. The second kappa shape index (κ2) is 4.67. The maximum Gasteiger partial charge on any atom is 0.368 e. The summed E-state index contributed by atoms with van der Waals surface area (Å²) in [5.41, 5.74) is 0. The Morgan fingerprint density at radius 2 is 2.13 bits per heavy atom. The Bertz CT molecular complexity index is 429. The minimum absolute atomic E-state index is 0.0997. The van der Waals surface area contributed by atoms with Crippen molar-refractivity contribution in [1.82, 2.24) is 14.8 Å². The summed E-state index contributed by atoms with van der Waals surface area (Å²) in [7, 11) is -3.38. The molecule has 0 saturated heterocycles. The fourth-order valence-corrected chi connectivity index (χ4v) is 1.78. The van der Waals surface area contributed by atoms with Crippen LogP contribution >= 0.6 is 0 Å². The summed E-state index contributed by atoms with van der Waals surface area (Å²) in [6.45, 7) is 2.28. The highest BCUT2D eigenvalue weighted by Gasteiger charge is 2.23. The number of nitrogens with zero attached hydrogens (tertiary/aromatic N) is 3. The summed E-state index contributed by atoms with van der Waals surface area (Å²) in [6.07, 6.45) is 0.650. The van der Waals surface area contributed by atoms with Gasteiger partial charge in [0.1, 0.15) is 6.61 Å². The zero-order valence-electron chi connectivity index (χ0n) is 8.47. The van der Waals surface area contributed by atoms with Gasteiger partial charge in [-0.25, -0.2) is 0 Å². The molecule has 0 radical (unpaired) electrons. The van der Waals surface area contributed by atoms with Crippen molar-refractivity contribution in [3.8, 4) is 0 Å². The molecule has 0 aliphatic rings. The summed E-state index contributed by atoms with van der Waals surface area (Å²) in [6, 6.07) is 0. The van der Waals surface area contributed by atoms with E-state index in [1.807, 2.05) is 6.92 Å². The van der Waals surface area contributed by atoms with E-state index in [1.54, 1.807) is 0 Å². The maximum atomic E-state index is 12.8. The molecule has 0 fully saturated rings. The average Bonchev–Trinajstić information content (AvgIpc) is 2.49. The second-order valence-corrected chi connectivity index (χ2v) is 4.16. The Labute approximate surface area is 87.3 Å². The highest BCUT2D eigenvalue weighted by Crippen LogP contribution is 2.12. The first kappa shape index (κ1) is 12.1. The first-order valence-electron chi connectivity index (χ1n) is 4.36. The van der Waals surface area contributed by atoms with Crippen molar-refractivity contribution >= 4 is 10.2 Å². The smallest absolute Gasteiger partial charge is 0.368 e. The predicted octanol–water partition coefficient (Wildman–Crippen LogP) is 0.493. The number of halogens is 1. The molecule has 0 bridgehead atoms. The van der Waals surface area contributed by atoms with Crippen molar-refractivity contribution in [2.24, 2.45) is 0 Å². The number of ether oxygens (including phenoxy) is 1. The van der Waals surface area contributed by atoms with E-state index in [2.05, 4.69) is 10.2 Å². The van der Waals surface area contributed by atoms with E-state index in [4.69, 9.17) is 4.74 Å². The molecule has 1 rings (SSSR count). The van der Waals surface area contributed by atoms with Crippen molar-refractivity contribution in [2.45, 2.75) is 31.7 Å². The van der Waals surface area contributed by atoms with Crippen LogP contribution in [-0.2, 0) is 28.1 Å². The van der Waals surface area contributed by atoms with E-state index in [0.29, 0.717) is 18.8 Å². The lowest BCUT2D eigenvalue weighted by Gasteiger charge is -2.05. The molecule has 8 heteroatoms. The van der Waals surface area contributed by atoms with Crippen molar-refractivity contribution in [3.63, 3.8) is 0 Å². The first-order valence-corrected chi connectivity index (χ1v) is 5.74. The van der Waals surface area contributed by atoms with Gasteiger partial charge in [-0.1, -0.05) is 10.8 Å². The molecule has 0 N–H and O–H groups in total. The van der Waals surface area contributed by atoms with Crippen LogP contribution in [0.15, 0.2) is 5.16 Å². The molecule has 0 spiro atoms. The normalized spacial score (nSPS) is 11.9. The zero-order valence-corrected chi connectivity index (χ0v) is 9.29. The van der Waals surface area contributed by atoms with Crippen LogP contribution in [-0.4, -0.2) is 30.3 Å². The Hall–Kier alpha value is -1.02. The lowest BCUT2D eigenvalue weighted by atomic mass is 10.4. The topological polar surface area (TPSA) is 74.1 Å². The van der Waals surface area contributed by atoms with Gasteiger partial charge < -0.3 is 4.74 Å². The van der Waals surface area contributed by atoms with Crippen molar-refractivity contribution in [2.75, 3.05) is 7.11 Å². The lowest BCUT2D eigenvalue weighted by molar-refractivity contribution is 0.173. The summed E-state index contributed by atoms with van der Waals surface area (Å²) in [4.78, 5) is 0. The van der Waals surface area contributed by atoms with Crippen molar-refractivity contribution in [3.05, 3.63) is 5.82 Å². The van der Waals surface area contributed by atoms with Gasteiger partial charge in [-0.2, -0.15) is 8.42 Å². The highest BCUT2D eigenvalue weighted by molar-refractivity contribution is 7.86. The lowest BCUT2D eigenvalue weighted by Crippen LogP contribution is -2.10. The van der Waals surface area contributed by atoms with Gasteiger partial charge in [-0.3, -0.25) is 4.57 Å². The summed E-state index contributed by atoms with van der Waals surface area (Å²) in [5, 5.41) is 6.20. The minimum Gasteiger partial charge on any atom is -0.377 e. The highest BCUT2D eigenvalue weighted by atomic mass is 32.3. The van der Waals surface area contributed by atoms with Crippen LogP contribution in [0.1, 0.15) is 19.2 Å². The number of rotatable bonds is 5. The van der Waals surface area contributed by atoms with Crippen LogP contribution in [0, 0.1) is 0 Å². The van der Waals surface area contributed by atoms with Gasteiger partial charge in [0.15, 0.2) is 5.82 Å². The zero-order chi connectivity index (χ0) is 11.5. The van der Waals surface area contributed by atoms with Gasteiger partial charge in [-0.15, -0.1) is 10.2 Å². The van der Waals surface area contributed by atoms with Crippen LogP contribution in [0.5, 0.6) is 0 Å². The quantitative estimate of drug-likeness (QED) is 0.697. The molecular formula is C7H12FN3O3S. The van der Waals surface area contributed by atoms with Crippen molar-refractivity contribution in [1.29, 1.82) is 0 Å². The molecule has 15 heavy (non-hydrogen) atoms. The summed E-state index contributed by atoms with van der Waals surface area (Å²) >= 11 is 0. The standard InChI is InChI=1S/C7H12FN3O3S/c1-3-4-11-6(5-14-2)9-10-7(11)15(8,12)13/h3-5H2,1-2H3. The molecule has 86 valence electrons. The molecule has 0 atom stereocenters. The molecule has 1 aromatic rings. The molecule has 1 aromatic heterocycles. The van der Waals surface area contributed by atoms with Crippen LogP contribution in [0.3, 0.4) is 0 Å². The first-order chi connectivity index (χ1) is 7.00. The monoisotopic (exact) mass is 237 g/mol. The van der Waals surface area contributed by atoms with Gasteiger partial charge in [0.2, 0.25) is 0 Å². The van der Waals surface area contributed by atoms with Gasteiger partial charge in [0, 0.05) is 13.7 Å². The number of methoxy groups -OCH3 is 1. The van der Waals surface area contributed by atoms with E-state index in [-0.39, 0.29) is 6.61 Å². The Morgan fingerprint density at radius 3 is 2.60 bits per heavy atom. The fourth-order valence-electron chi connectivity index (χ4n) is 1.18. The molecule has 0 aromatic carbocycles. The molecule has 0 unspecified atom stereocenters. The molecule has 6 nitrogen and oxygen atoms in total. The molecule has 0 aliphatic carbocycles. The van der Waals surface area contributed by atoms with Crippen LogP contribution < -0.4 is 0 Å². The van der Waals surface area contributed by atoms with Gasteiger partial charge in [0.25, 0.3) is 5.16 Å². The maximum absolute atomic E-state index is 12.8. The van der Waals surface area contributed by atoms with Crippen LogP contribution in [0.25, 0.3) is 0 Å². The molecular weight excluding hydrogens is 225 g/mol. The number of hydrogen-bond donors (Lipinski definition) is 0. The van der Waals surface area contributed by atoms with Crippen LogP contribution in [0.4, 0.5) is 3.89 Å². The second-order valence-electron chi connectivity index (χ2n) is 2.92. The van der Waals surface area contributed by atoms with E-state index in [9.17, 15) is 12.3 Å². The Kier molecular flexibility index (Phi) is 3.75. The third-order valence-electron chi connectivity index (χ3n) is 1.73. The summed E-state index contributed by atoms with van der Waals surface area (Å²) in [5.74, 6) is 0.301. The van der Waals surface area contributed by atoms with Crippen molar-refractivity contribution < 1.29 is 17.0 Å². The van der Waals surface area contributed by atoms with E-state index in [1.165, 1.54) is 11.7 Å². The largest absolute Gasteiger partial charge is 0.377 e.